The number of rotatable bonds is 1. The maximum Gasteiger partial charge on any atom is 0.263 e. The van der Waals surface area contributed by atoms with E-state index >= 15 is 0 Å². The SMILES string of the molecule is Cc1cc(C(=O)N2C[C@H]3CNC[C@H]3C2)sc1Br. The number of nitrogens with one attached hydrogen (secondary N) is 1. The molecular formula is C12H15BrN2OS. The zero-order valence-electron chi connectivity index (χ0n) is 9.70. The first-order valence-corrected chi connectivity index (χ1v) is 7.52. The fourth-order valence-corrected chi connectivity index (χ4v) is 4.25. The van der Waals surface area contributed by atoms with Gasteiger partial charge in [-0.15, -0.1) is 11.3 Å². The minimum atomic E-state index is 0.207. The van der Waals surface area contributed by atoms with Crippen molar-refractivity contribution in [2.75, 3.05) is 26.2 Å². The van der Waals surface area contributed by atoms with Gasteiger partial charge >= 0.3 is 0 Å². The van der Waals surface area contributed by atoms with Gasteiger partial charge in [-0.05, 0) is 46.3 Å². The monoisotopic (exact) mass is 314 g/mol. The molecule has 17 heavy (non-hydrogen) atoms. The number of carbonyl (C=O) groups excluding carboxylic acids is 1. The lowest BCUT2D eigenvalue weighted by Gasteiger charge is -2.16. The van der Waals surface area contributed by atoms with E-state index in [2.05, 4.69) is 21.2 Å². The van der Waals surface area contributed by atoms with Gasteiger partial charge in [0.2, 0.25) is 0 Å². The number of fused-ring (bicyclic) bond motifs is 1. The van der Waals surface area contributed by atoms with Crippen molar-refractivity contribution in [3.8, 4) is 0 Å². The zero-order chi connectivity index (χ0) is 12.0. The molecule has 3 nitrogen and oxygen atoms in total. The number of halogens is 1. The van der Waals surface area contributed by atoms with E-state index in [0.29, 0.717) is 11.8 Å². The van der Waals surface area contributed by atoms with Gasteiger partial charge in [0.05, 0.1) is 8.66 Å². The molecule has 2 aliphatic rings. The van der Waals surface area contributed by atoms with Gasteiger partial charge in [-0.1, -0.05) is 0 Å². The molecule has 0 aliphatic carbocycles. The highest BCUT2D eigenvalue weighted by molar-refractivity contribution is 9.11. The van der Waals surface area contributed by atoms with E-state index in [0.717, 1.165) is 40.4 Å². The van der Waals surface area contributed by atoms with Crippen LogP contribution in [0.15, 0.2) is 9.85 Å². The van der Waals surface area contributed by atoms with E-state index in [1.165, 1.54) is 0 Å². The summed E-state index contributed by atoms with van der Waals surface area (Å²) in [4.78, 5) is 15.2. The van der Waals surface area contributed by atoms with Crippen LogP contribution < -0.4 is 5.32 Å². The average molecular weight is 315 g/mol. The van der Waals surface area contributed by atoms with Crippen LogP contribution >= 0.6 is 27.3 Å². The molecule has 1 aromatic rings. The third-order valence-corrected chi connectivity index (χ3v) is 5.87. The molecule has 0 radical (unpaired) electrons. The maximum absolute atomic E-state index is 12.3. The first kappa shape index (κ1) is 11.7. The zero-order valence-corrected chi connectivity index (χ0v) is 12.1. The van der Waals surface area contributed by atoms with Crippen LogP contribution in [0.5, 0.6) is 0 Å². The molecule has 2 saturated heterocycles. The first-order valence-electron chi connectivity index (χ1n) is 5.91. The number of thiophene rings is 1. The highest BCUT2D eigenvalue weighted by atomic mass is 79.9. The Morgan fingerprint density at radius 1 is 1.47 bits per heavy atom. The Bertz CT molecular complexity index is 428. The number of carbonyl (C=O) groups is 1. The number of hydrogen-bond acceptors (Lipinski definition) is 3. The van der Waals surface area contributed by atoms with Crippen LogP contribution in [0.25, 0.3) is 0 Å². The Hall–Kier alpha value is -0.390. The summed E-state index contributed by atoms with van der Waals surface area (Å²) in [5, 5.41) is 3.39. The predicted molar refractivity (Wildman–Crippen MR) is 72.5 cm³/mol. The van der Waals surface area contributed by atoms with Crippen LogP contribution in [-0.4, -0.2) is 37.0 Å². The summed E-state index contributed by atoms with van der Waals surface area (Å²) in [5.41, 5.74) is 1.15. The van der Waals surface area contributed by atoms with Crippen molar-refractivity contribution in [2.45, 2.75) is 6.92 Å². The molecule has 1 amide bonds. The molecule has 0 bridgehead atoms. The molecular weight excluding hydrogens is 300 g/mol. The highest BCUT2D eigenvalue weighted by Crippen LogP contribution is 2.31. The minimum Gasteiger partial charge on any atom is -0.337 e. The molecule has 2 aliphatic heterocycles. The van der Waals surface area contributed by atoms with Crippen molar-refractivity contribution in [1.82, 2.24) is 10.2 Å². The Kier molecular flexibility index (Phi) is 3.00. The summed E-state index contributed by atoms with van der Waals surface area (Å²) in [6.07, 6.45) is 0. The van der Waals surface area contributed by atoms with E-state index in [1.54, 1.807) is 11.3 Å². The third kappa shape index (κ3) is 2.04. The van der Waals surface area contributed by atoms with Crippen molar-refractivity contribution in [3.63, 3.8) is 0 Å². The highest BCUT2D eigenvalue weighted by Gasteiger charge is 2.38. The number of aryl methyl sites for hydroxylation is 1. The molecule has 0 spiro atoms. The molecule has 1 aromatic heterocycles. The van der Waals surface area contributed by atoms with E-state index in [4.69, 9.17) is 0 Å². The lowest BCUT2D eigenvalue weighted by Crippen LogP contribution is -2.31. The second-order valence-electron chi connectivity index (χ2n) is 4.96. The van der Waals surface area contributed by atoms with Crippen molar-refractivity contribution < 1.29 is 4.79 Å². The first-order chi connectivity index (χ1) is 8.15. The normalized spacial score (nSPS) is 27.5. The second kappa shape index (κ2) is 4.37. The van der Waals surface area contributed by atoms with Gasteiger partial charge in [0, 0.05) is 26.2 Å². The Morgan fingerprint density at radius 2 is 2.12 bits per heavy atom. The minimum absolute atomic E-state index is 0.207. The Balaban J connectivity index is 1.75. The molecule has 0 unspecified atom stereocenters. The quantitative estimate of drug-likeness (QED) is 0.861. The third-order valence-electron chi connectivity index (χ3n) is 3.74. The molecule has 3 rings (SSSR count). The molecule has 1 N–H and O–H groups in total. The van der Waals surface area contributed by atoms with Crippen molar-refractivity contribution >= 4 is 33.2 Å². The lowest BCUT2D eigenvalue weighted by atomic mass is 10.0. The number of hydrogen-bond donors (Lipinski definition) is 1. The largest absolute Gasteiger partial charge is 0.337 e. The number of amides is 1. The fourth-order valence-electron chi connectivity index (χ4n) is 2.74. The summed E-state index contributed by atoms with van der Waals surface area (Å²) < 4.78 is 1.07. The number of likely N-dealkylation sites (tertiary alicyclic amines) is 1. The number of nitrogens with zero attached hydrogens (tertiary/aromatic N) is 1. The molecule has 0 saturated carbocycles. The molecule has 92 valence electrons. The van der Waals surface area contributed by atoms with Gasteiger partial charge in [-0.25, -0.2) is 0 Å². The van der Waals surface area contributed by atoms with E-state index in [1.807, 2.05) is 17.9 Å². The van der Waals surface area contributed by atoms with E-state index in [9.17, 15) is 4.79 Å². The summed E-state index contributed by atoms with van der Waals surface area (Å²) in [5.74, 6) is 1.55. The van der Waals surface area contributed by atoms with Gasteiger partial charge in [0.1, 0.15) is 0 Å². The summed E-state index contributed by atoms with van der Waals surface area (Å²) in [6, 6.07) is 1.99. The Morgan fingerprint density at radius 3 is 2.65 bits per heavy atom. The van der Waals surface area contributed by atoms with Crippen molar-refractivity contribution in [3.05, 3.63) is 20.3 Å². The maximum atomic E-state index is 12.3. The summed E-state index contributed by atoms with van der Waals surface area (Å²) in [6.45, 7) is 6.01. The van der Waals surface area contributed by atoms with Gasteiger partial charge in [-0.2, -0.15) is 0 Å². The van der Waals surface area contributed by atoms with E-state index < -0.39 is 0 Å². The smallest absolute Gasteiger partial charge is 0.263 e. The molecule has 3 heterocycles. The fraction of sp³-hybridized carbons (Fsp3) is 0.583. The molecule has 2 atom stereocenters. The summed E-state index contributed by atoms with van der Waals surface area (Å²) >= 11 is 5.03. The predicted octanol–water partition coefficient (Wildman–Crippen LogP) is 2.11. The van der Waals surface area contributed by atoms with Gasteiger partial charge in [0.15, 0.2) is 0 Å². The summed E-state index contributed by atoms with van der Waals surface area (Å²) in [7, 11) is 0. The van der Waals surface area contributed by atoms with Crippen LogP contribution in [0, 0.1) is 18.8 Å². The van der Waals surface area contributed by atoms with Crippen LogP contribution in [0.4, 0.5) is 0 Å². The van der Waals surface area contributed by atoms with Crippen LogP contribution in [0.1, 0.15) is 15.2 Å². The van der Waals surface area contributed by atoms with Crippen molar-refractivity contribution in [1.29, 1.82) is 0 Å². The van der Waals surface area contributed by atoms with Crippen molar-refractivity contribution in [2.24, 2.45) is 11.8 Å². The Labute approximate surface area is 113 Å². The average Bonchev–Trinajstić information content (AvgIpc) is 2.92. The molecule has 5 heteroatoms. The molecule has 0 aromatic carbocycles. The molecule has 2 fully saturated rings. The second-order valence-corrected chi connectivity index (χ2v) is 7.33. The topological polar surface area (TPSA) is 32.3 Å². The van der Waals surface area contributed by atoms with Crippen LogP contribution in [0.3, 0.4) is 0 Å². The van der Waals surface area contributed by atoms with Crippen LogP contribution in [0.2, 0.25) is 0 Å². The lowest BCUT2D eigenvalue weighted by molar-refractivity contribution is 0.0786. The van der Waals surface area contributed by atoms with Gasteiger partial charge in [-0.3, -0.25) is 4.79 Å². The van der Waals surface area contributed by atoms with E-state index in [-0.39, 0.29) is 5.91 Å². The van der Waals surface area contributed by atoms with Crippen LogP contribution in [-0.2, 0) is 0 Å². The standard InChI is InChI=1S/C12H15BrN2OS/c1-7-2-10(17-11(7)13)12(16)15-5-8-3-14-4-9(8)6-15/h2,8-9,14H,3-6H2,1H3/t8-,9+. The van der Waals surface area contributed by atoms with Gasteiger partial charge < -0.3 is 10.2 Å². The van der Waals surface area contributed by atoms with Gasteiger partial charge in [0.25, 0.3) is 5.91 Å².